The molecule has 144 valence electrons. The number of pyridine rings is 1. The fraction of sp³-hybridized carbons (Fsp3) is 0.667. The number of hydrogen-bond donors (Lipinski definition) is 0. The van der Waals surface area contributed by atoms with Crippen molar-refractivity contribution in [2.75, 3.05) is 44.2 Å². The second-order valence-corrected chi connectivity index (χ2v) is 7.29. The Bertz CT molecular complexity index is 624. The Morgan fingerprint density at radius 3 is 2.38 bits per heavy atom. The Morgan fingerprint density at radius 1 is 1.15 bits per heavy atom. The molecule has 0 spiro atoms. The number of carbonyl (C=O) groups is 1. The minimum absolute atomic E-state index is 0.0945. The number of hydrogen-bond acceptors (Lipinski definition) is 4. The van der Waals surface area contributed by atoms with Crippen LogP contribution in [-0.2, 0) is 11.0 Å². The van der Waals surface area contributed by atoms with Gasteiger partial charge in [-0.1, -0.05) is 0 Å². The highest BCUT2D eigenvalue weighted by Crippen LogP contribution is 2.30. The summed E-state index contributed by atoms with van der Waals surface area (Å²) in [4.78, 5) is 22.5. The second-order valence-electron chi connectivity index (χ2n) is 7.29. The molecule has 5 nitrogen and oxygen atoms in total. The Morgan fingerprint density at radius 2 is 1.85 bits per heavy atom. The lowest BCUT2D eigenvalue weighted by molar-refractivity contribution is -0.141. The van der Waals surface area contributed by atoms with Gasteiger partial charge in [-0.2, -0.15) is 13.2 Å². The van der Waals surface area contributed by atoms with Crippen LogP contribution in [0.4, 0.5) is 18.9 Å². The maximum Gasteiger partial charge on any atom is 0.433 e. The molecule has 1 aromatic rings. The monoisotopic (exact) mass is 370 g/mol. The molecule has 1 aromatic heterocycles. The van der Waals surface area contributed by atoms with Gasteiger partial charge in [-0.05, 0) is 32.4 Å². The van der Waals surface area contributed by atoms with E-state index < -0.39 is 11.9 Å². The first-order chi connectivity index (χ1) is 12.3. The summed E-state index contributed by atoms with van der Waals surface area (Å²) >= 11 is 0. The van der Waals surface area contributed by atoms with E-state index in [1.165, 1.54) is 12.3 Å². The number of alkyl halides is 3. The molecule has 2 aliphatic heterocycles. The Balaban J connectivity index is 1.56. The first kappa shape index (κ1) is 18.9. The van der Waals surface area contributed by atoms with Crippen molar-refractivity contribution < 1.29 is 18.0 Å². The summed E-state index contributed by atoms with van der Waals surface area (Å²) in [5.41, 5.74) is -0.256. The smallest absolute Gasteiger partial charge is 0.369 e. The highest BCUT2D eigenvalue weighted by Gasteiger charge is 2.35. The minimum atomic E-state index is -4.43. The van der Waals surface area contributed by atoms with Crippen LogP contribution in [-0.4, -0.2) is 66.0 Å². The van der Waals surface area contributed by atoms with Crippen molar-refractivity contribution in [3.63, 3.8) is 0 Å². The molecule has 0 bridgehead atoms. The van der Waals surface area contributed by atoms with Crippen LogP contribution in [0.5, 0.6) is 0 Å². The zero-order valence-electron chi connectivity index (χ0n) is 15.2. The molecule has 2 saturated heterocycles. The molecule has 26 heavy (non-hydrogen) atoms. The van der Waals surface area contributed by atoms with Crippen molar-refractivity contribution in [3.8, 4) is 0 Å². The van der Waals surface area contributed by atoms with Gasteiger partial charge in [-0.15, -0.1) is 0 Å². The molecule has 3 heterocycles. The molecule has 8 heteroatoms. The van der Waals surface area contributed by atoms with Gasteiger partial charge in [-0.3, -0.25) is 9.69 Å². The summed E-state index contributed by atoms with van der Waals surface area (Å²) in [5.74, 6) is 0.0682. The number of piperazine rings is 1. The third-order valence-electron chi connectivity index (χ3n) is 5.30. The maximum atomic E-state index is 12.8. The summed E-state index contributed by atoms with van der Waals surface area (Å²) in [5, 5.41) is 0. The first-order valence-corrected chi connectivity index (χ1v) is 9.06. The molecule has 0 unspecified atom stereocenters. The topological polar surface area (TPSA) is 39.7 Å². The molecule has 1 amide bonds. The summed E-state index contributed by atoms with van der Waals surface area (Å²) in [6.45, 7) is 8.79. The van der Waals surface area contributed by atoms with Gasteiger partial charge < -0.3 is 9.80 Å². The number of aromatic nitrogens is 1. The van der Waals surface area contributed by atoms with E-state index >= 15 is 0 Å². The van der Waals surface area contributed by atoms with E-state index in [-0.39, 0.29) is 11.8 Å². The van der Waals surface area contributed by atoms with Crippen LogP contribution in [0.15, 0.2) is 18.3 Å². The maximum absolute atomic E-state index is 12.8. The largest absolute Gasteiger partial charge is 0.433 e. The highest BCUT2D eigenvalue weighted by molar-refractivity contribution is 5.80. The number of halogens is 3. The van der Waals surface area contributed by atoms with E-state index in [1.54, 1.807) is 0 Å². The molecule has 3 rings (SSSR count). The fourth-order valence-corrected chi connectivity index (χ4v) is 3.65. The fourth-order valence-electron chi connectivity index (χ4n) is 3.65. The van der Waals surface area contributed by atoms with E-state index in [4.69, 9.17) is 0 Å². The standard InChI is InChI=1S/C18H25F3N4O/c1-13(2)23-7-9-24(10-8-23)17(26)14-5-6-25(12-14)15-3-4-16(22-11-15)18(19,20)21/h3-4,11,13-14H,5-10,12H2,1-2H3/t14-/m0/s1. The van der Waals surface area contributed by atoms with Crippen LogP contribution in [0.25, 0.3) is 0 Å². The van der Waals surface area contributed by atoms with Gasteiger partial charge in [0.05, 0.1) is 17.8 Å². The molecule has 0 saturated carbocycles. The van der Waals surface area contributed by atoms with Gasteiger partial charge in [0.2, 0.25) is 5.91 Å². The molecule has 0 aromatic carbocycles. The molecular formula is C18H25F3N4O. The minimum Gasteiger partial charge on any atom is -0.369 e. The first-order valence-electron chi connectivity index (χ1n) is 9.06. The summed E-state index contributed by atoms with van der Waals surface area (Å²) in [7, 11) is 0. The van der Waals surface area contributed by atoms with Gasteiger partial charge >= 0.3 is 6.18 Å². The number of rotatable bonds is 3. The van der Waals surface area contributed by atoms with Gasteiger partial charge in [0.15, 0.2) is 0 Å². The third-order valence-corrected chi connectivity index (χ3v) is 5.30. The molecule has 1 atom stereocenters. The predicted molar refractivity (Wildman–Crippen MR) is 92.8 cm³/mol. The van der Waals surface area contributed by atoms with Gasteiger partial charge in [0.1, 0.15) is 5.69 Å². The number of amides is 1. The Kier molecular flexibility index (Phi) is 5.41. The van der Waals surface area contributed by atoms with E-state index in [2.05, 4.69) is 23.7 Å². The van der Waals surface area contributed by atoms with Crippen molar-refractivity contribution in [2.24, 2.45) is 5.92 Å². The molecule has 0 aliphatic carbocycles. The molecule has 0 N–H and O–H groups in total. The zero-order chi connectivity index (χ0) is 18.9. The second kappa shape index (κ2) is 7.42. The van der Waals surface area contributed by atoms with Crippen LogP contribution in [0.2, 0.25) is 0 Å². The normalized spacial score (nSPS) is 22.3. The van der Waals surface area contributed by atoms with Crippen LogP contribution in [0.1, 0.15) is 26.0 Å². The summed E-state index contributed by atoms with van der Waals surface area (Å²) in [6.07, 6.45) is -2.46. The summed E-state index contributed by atoms with van der Waals surface area (Å²) in [6, 6.07) is 2.92. The average molecular weight is 370 g/mol. The quantitative estimate of drug-likeness (QED) is 0.820. The lowest BCUT2D eigenvalue weighted by Gasteiger charge is -2.37. The van der Waals surface area contributed by atoms with Gasteiger partial charge in [-0.25, -0.2) is 4.98 Å². The SMILES string of the molecule is CC(C)N1CCN(C(=O)[C@H]2CCN(c3ccc(C(F)(F)F)nc3)C2)CC1. The van der Waals surface area contributed by atoms with Crippen LogP contribution in [0.3, 0.4) is 0 Å². The predicted octanol–water partition coefficient (Wildman–Crippen LogP) is 2.48. The van der Waals surface area contributed by atoms with E-state index in [9.17, 15) is 18.0 Å². The van der Waals surface area contributed by atoms with E-state index in [0.717, 1.165) is 38.7 Å². The van der Waals surface area contributed by atoms with Crippen molar-refractivity contribution in [3.05, 3.63) is 24.0 Å². The van der Waals surface area contributed by atoms with Crippen molar-refractivity contribution in [1.82, 2.24) is 14.8 Å². The lowest BCUT2D eigenvalue weighted by atomic mass is 10.1. The molecular weight excluding hydrogens is 345 g/mol. The van der Waals surface area contributed by atoms with Gasteiger partial charge in [0, 0.05) is 45.3 Å². The third kappa shape index (κ3) is 4.11. The van der Waals surface area contributed by atoms with E-state index in [1.807, 2.05) is 9.80 Å². The lowest BCUT2D eigenvalue weighted by Crippen LogP contribution is -2.52. The Hall–Kier alpha value is -1.83. The number of nitrogens with zero attached hydrogens (tertiary/aromatic N) is 4. The number of carbonyl (C=O) groups excluding carboxylic acids is 1. The van der Waals surface area contributed by atoms with Crippen molar-refractivity contribution >= 4 is 11.6 Å². The van der Waals surface area contributed by atoms with Crippen LogP contribution in [0, 0.1) is 5.92 Å². The van der Waals surface area contributed by atoms with Crippen LogP contribution < -0.4 is 4.90 Å². The van der Waals surface area contributed by atoms with Crippen molar-refractivity contribution in [1.29, 1.82) is 0 Å². The van der Waals surface area contributed by atoms with Crippen LogP contribution >= 0.6 is 0 Å². The molecule has 2 fully saturated rings. The molecule has 0 radical (unpaired) electrons. The molecule has 2 aliphatic rings. The Labute approximate surface area is 151 Å². The average Bonchev–Trinajstić information content (AvgIpc) is 3.10. The highest BCUT2D eigenvalue weighted by atomic mass is 19.4. The van der Waals surface area contributed by atoms with Gasteiger partial charge in [0.25, 0.3) is 0 Å². The summed E-state index contributed by atoms with van der Waals surface area (Å²) < 4.78 is 37.9. The zero-order valence-corrected chi connectivity index (χ0v) is 15.2. The number of anilines is 1. The van der Waals surface area contributed by atoms with E-state index in [0.29, 0.717) is 24.8 Å². The van der Waals surface area contributed by atoms with Crippen molar-refractivity contribution in [2.45, 2.75) is 32.5 Å².